The van der Waals surface area contributed by atoms with Crippen LogP contribution in [0.4, 0.5) is 4.79 Å². The number of amides is 2. The number of methoxy groups -OCH3 is 2. The maximum absolute atomic E-state index is 13.0. The van der Waals surface area contributed by atoms with Gasteiger partial charge >= 0.3 is 6.09 Å². The first-order chi connectivity index (χ1) is 15.0. The number of ether oxygens (including phenoxy) is 3. The van der Waals surface area contributed by atoms with E-state index in [1.165, 1.54) is 7.11 Å². The molecule has 0 bridgehead atoms. The lowest BCUT2D eigenvalue weighted by molar-refractivity contribution is -0.131. The van der Waals surface area contributed by atoms with Crippen LogP contribution < -0.4 is 5.32 Å². The van der Waals surface area contributed by atoms with Crippen molar-refractivity contribution < 1.29 is 28.6 Å². The Morgan fingerprint density at radius 2 is 1.72 bits per heavy atom. The van der Waals surface area contributed by atoms with Crippen LogP contribution in [0.5, 0.6) is 0 Å². The Balaban J connectivity index is 2.12. The molecule has 2 amide bonds. The quantitative estimate of drug-likeness (QED) is 0.615. The second-order valence-corrected chi connectivity index (χ2v) is 9.24. The van der Waals surface area contributed by atoms with Crippen LogP contribution in [-0.4, -0.2) is 73.3 Å². The highest BCUT2D eigenvalue weighted by molar-refractivity contribution is 6.01. The van der Waals surface area contributed by atoms with Gasteiger partial charge in [0, 0.05) is 19.8 Å². The molecular weight excluding hydrogens is 412 g/mol. The summed E-state index contributed by atoms with van der Waals surface area (Å²) in [5.74, 6) is -1.11. The van der Waals surface area contributed by atoms with Gasteiger partial charge in [-0.2, -0.15) is 0 Å². The molecule has 1 aromatic rings. The summed E-state index contributed by atoms with van der Waals surface area (Å²) in [5, 5.41) is 2.79. The molecular formula is C24H36N2O6. The fourth-order valence-corrected chi connectivity index (χ4v) is 3.95. The van der Waals surface area contributed by atoms with E-state index in [0.717, 1.165) is 0 Å². The Bertz CT molecular complexity index is 791. The molecule has 0 unspecified atom stereocenters. The van der Waals surface area contributed by atoms with Crippen molar-refractivity contribution in [2.75, 3.05) is 20.8 Å². The van der Waals surface area contributed by atoms with Crippen molar-refractivity contribution in [1.29, 1.82) is 0 Å². The number of carbonyl (C=O) groups is 3. The Labute approximate surface area is 190 Å². The van der Waals surface area contributed by atoms with E-state index < -0.39 is 35.8 Å². The van der Waals surface area contributed by atoms with E-state index in [-0.39, 0.29) is 17.8 Å². The van der Waals surface area contributed by atoms with Crippen LogP contribution in [0.3, 0.4) is 0 Å². The van der Waals surface area contributed by atoms with E-state index in [0.29, 0.717) is 18.5 Å². The third-order valence-corrected chi connectivity index (χ3v) is 5.63. The highest BCUT2D eigenvalue weighted by Gasteiger charge is 2.45. The van der Waals surface area contributed by atoms with Gasteiger partial charge in [-0.25, -0.2) is 4.79 Å². The van der Waals surface area contributed by atoms with Crippen LogP contribution in [0.15, 0.2) is 30.3 Å². The number of ketones is 1. The maximum Gasteiger partial charge on any atom is 0.410 e. The Hall–Kier alpha value is -2.45. The normalized spacial score (nSPS) is 21.5. The van der Waals surface area contributed by atoms with Crippen molar-refractivity contribution in [2.24, 2.45) is 5.92 Å². The molecule has 0 spiro atoms. The van der Waals surface area contributed by atoms with Crippen LogP contribution >= 0.6 is 0 Å². The van der Waals surface area contributed by atoms with Gasteiger partial charge in [0.05, 0.1) is 36.8 Å². The molecule has 8 heteroatoms. The lowest BCUT2D eigenvalue weighted by Gasteiger charge is -2.34. The average molecular weight is 449 g/mol. The largest absolute Gasteiger partial charge is 0.444 e. The summed E-state index contributed by atoms with van der Waals surface area (Å²) in [4.78, 5) is 40.0. The van der Waals surface area contributed by atoms with Crippen molar-refractivity contribution in [2.45, 2.75) is 70.9 Å². The van der Waals surface area contributed by atoms with Gasteiger partial charge in [0.1, 0.15) is 5.60 Å². The first kappa shape index (κ1) is 25.8. The fourth-order valence-electron chi connectivity index (χ4n) is 3.95. The average Bonchev–Trinajstić information content (AvgIpc) is 3.17. The molecule has 2 rings (SSSR count). The van der Waals surface area contributed by atoms with Gasteiger partial charge in [0.25, 0.3) is 0 Å². The molecule has 1 heterocycles. The molecule has 0 aromatic heterocycles. The second-order valence-electron chi connectivity index (χ2n) is 9.24. The Kier molecular flexibility index (Phi) is 8.81. The van der Waals surface area contributed by atoms with Crippen LogP contribution in [0.25, 0.3) is 0 Å². The van der Waals surface area contributed by atoms with Gasteiger partial charge in [-0.3, -0.25) is 14.5 Å². The maximum atomic E-state index is 13.0. The van der Waals surface area contributed by atoms with E-state index >= 15 is 0 Å². The third kappa shape index (κ3) is 6.53. The lowest BCUT2D eigenvalue weighted by atomic mass is 9.94. The molecule has 1 aromatic carbocycles. The minimum absolute atomic E-state index is 0.171. The molecule has 0 radical (unpaired) electrons. The monoisotopic (exact) mass is 448 g/mol. The van der Waals surface area contributed by atoms with Gasteiger partial charge in [-0.15, -0.1) is 0 Å². The van der Waals surface area contributed by atoms with Crippen LogP contribution in [0.2, 0.25) is 0 Å². The van der Waals surface area contributed by atoms with Crippen LogP contribution in [-0.2, 0) is 19.0 Å². The van der Waals surface area contributed by atoms with E-state index in [1.807, 2.05) is 6.07 Å². The summed E-state index contributed by atoms with van der Waals surface area (Å²) in [5.41, 5.74) is -0.114. The predicted molar refractivity (Wildman–Crippen MR) is 120 cm³/mol. The molecule has 1 aliphatic rings. The highest BCUT2D eigenvalue weighted by atomic mass is 16.6. The predicted octanol–water partition coefficient (Wildman–Crippen LogP) is 3.05. The van der Waals surface area contributed by atoms with E-state index in [9.17, 15) is 14.4 Å². The molecule has 5 atom stereocenters. The topological polar surface area (TPSA) is 94.2 Å². The standard InChI is InChI=1S/C24H36N2O6/c1-15(22(28)25-16(2)20(27)17-11-9-8-10-12-17)21(31-7)19-13-18(30-6)14-26(19)23(29)32-24(3,4)5/h8-12,15-16,18-19,21H,13-14H2,1-7H3,(H,25,28)/t15-,16-,18-,19+,21-/m1/s1. The van der Waals surface area contributed by atoms with Gasteiger partial charge in [-0.05, 0) is 34.1 Å². The number of Topliss-reactive ketones (excluding diaryl/α,β-unsaturated/α-hetero) is 1. The van der Waals surface area contributed by atoms with Gasteiger partial charge in [0.15, 0.2) is 5.78 Å². The number of likely N-dealkylation sites (tertiary alicyclic amines) is 1. The number of hydrogen-bond acceptors (Lipinski definition) is 6. The van der Waals surface area contributed by atoms with E-state index in [4.69, 9.17) is 14.2 Å². The second kappa shape index (κ2) is 10.9. The summed E-state index contributed by atoms with van der Waals surface area (Å²) < 4.78 is 16.7. The summed E-state index contributed by atoms with van der Waals surface area (Å²) in [7, 11) is 3.11. The van der Waals surface area contributed by atoms with E-state index in [2.05, 4.69) is 5.32 Å². The number of carbonyl (C=O) groups excluding carboxylic acids is 3. The first-order valence-electron chi connectivity index (χ1n) is 10.9. The Morgan fingerprint density at radius 1 is 1.09 bits per heavy atom. The van der Waals surface area contributed by atoms with Crippen LogP contribution in [0, 0.1) is 5.92 Å². The number of nitrogens with zero attached hydrogens (tertiary/aromatic N) is 1. The van der Waals surface area contributed by atoms with Crippen molar-refractivity contribution in [3.8, 4) is 0 Å². The van der Waals surface area contributed by atoms with Gasteiger partial charge in [-0.1, -0.05) is 37.3 Å². The molecule has 178 valence electrons. The molecule has 1 aliphatic heterocycles. The van der Waals surface area contributed by atoms with Gasteiger partial charge in [0.2, 0.25) is 5.91 Å². The van der Waals surface area contributed by atoms with Gasteiger partial charge < -0.3 is 19.5 Å². The number of hydrogen-bond donors (Lipinski definition) is 1. The fraction of sp³-hybridized carbons (Fsp3) is 0.625. The smallest absolute Gasteiger partial charge is 0.410 e. The zero-order chi connectivity index (χ0) is 24.1. The minimum atomic E-state index is -0.692. The Morgan fingerprint density at radius 3 is 2.25 bits per heavy atom. The lowest BCUT2D eigenvalue weighted by Crippen LogP contribution is -2.52. The van der Waals surface area contributed by atoms with E-state index in [1.54, 1.807) is 70.9 Å². The zero-order valence-corrected chi connectivity index (χ0v) is 20.1. The molecule has 0 aliphatic carbocycles. The summed E-state index contributed by atoms with van der Waals surface area (Å²) in [6, 6.07) is 7.73. The third-order valence-electron chi connectivity index (χ3n) is 5.63. The molecule has 1 fully saturated rings. The molecule has 0 saturated carbocycles. The van der Waals surface area contributed by atoms with Crippen molar-refractivity contribution >= 4 is 17.8 Å². The summed E-state index contributed by atoms with van der Waals surface area (Å²) in [6.07, 6.45) is -0.727. The number of nitrogens with one attached hydrogen (secondary N) is 1. The zero-order valence-electron chi connectivity index (χ0n) is 20.1. The SMILES string of the molecule is CO[C@@H]1C[C@@H]([C@H](OC)[C@@H](C)C(=O)N[C@H](C)C(=O)c2ccccc2)N(C(=O)OC(C)(C)C)C1. The summed E-state index contributed by atoms with van der Waals surface area (Å²) >= 11 is 0. The van der Waals surface area contributed by atoms with Crippen molar-refractivity contribution in [3.63, 3.8) is 0 Å². The molecule has 8 nitrogen and oxygen atoms in total. The minimum Gasteiger partial charge on any atom is -0.444 e. The highest BCUT2D eigenvalue weighted by Crippen LogP contribution is 2.29. The molecule has 32 heavy (non-hydrogen) atoms. The van der Waals surface area contributed by atoms with Crippen LogP contribution in [0.1, 0.15) is 51.4 Å². The summed E-state index contributed by atoms with van der Waals surface area (Å²) in [6.45, 7) is 9.16. The van der Waals surface area contributed by atoms with Crippen molar-refractivity contribution in [1.82, 2.24) is 10.2 Å². The number of benzene rings is 1. The molecule has 1 saturated heterocycles. The molecule has 1 N–H and O–H groups in total. The van der Waals surface area contributed by atoms with Crippen molar-refractivity contribution in [3.05, 3.63) is 35.9 Å². The first-order valence-corrected chi connectivity index (χ1v) is 10.9. The number of rotatable bonds is 8.